The van der Waals surface area contributed by atoms with Crippen LogP contribution < -0.4 is 27.4 Å². The molecule has 0 bridgehead atoms. The molecule has 0 rings (SSSR count). The Balaban J connectivity index is 4.93. The second-order valence-electron chi connectivity index (χ2n) is 7.53. The van der Waals surface area contributed by atoms with Gasteiger partial charge in [0.1, 0.15) is 18.1 Å². The molecule has 4 unspecified atom stereocenters. The van der Waals surface area contributed by atoms with Gasteiger partial charge in [0.2, 0.25) is 17.7 Å². The molecule has 4 atom stereocenters. The molecular weight excluding hydrogens is 410 g/mol. The molecule has 0 saturated carbocycles. The number of amides is 3. The predicted molar refractivity (Wildman–Crippen MR) is 118 cm³/mol. The van der Waals surface area contributed by atoms with Gasteiger partial charge in [-0.25, -0.2) is 4.79 Å². The van der Waals surface area contributed by atoms with Gasteiger partial charge in [0.25, 0.3) is 0 Å². The van der Waals surface area contributed by atoms with Crippen LogP contribution in [0.5, 0.6) is 0 Å². The molecule has 11 heteroatoms. The molecule has 174 valence electrons. The fraction of sp³-hybridized carbons (Fsp3) is 0.789. The van der Waals surface area contributed by atoms with Gasteiger partial charge in [0.15, 0.2) is 0 Å². The highest BCUT2D eigenvalue weighted by Crippen LogP contribution is 2.06. The number of hydrogen-bond acceptors (Lipinski definition) is 7. The lowest BCUT2D eigenvalue weighted by Crippen LogP contribution is -2.57. The quantitative estimate of drug-likeness (QED) is 0.180. The number of carboxylic acid groups (broad SMARTS) is 1. The van der Waals surface area contributed by atoms with Crippen LogP contribution in [0.25, 0.3) is 0 Å². The summed E-state index contributed by atoms with van der Waals surface area (Å²) in [6, 6.07) is -3.62. The number of nitrogens with two attached hydrogens (primary N) is 2. The molecule has 0 heterocycles. The number of carbonyl (C=O) groups excluding carboxylic acids is 3. The van der Waals surface area contributed by atoms with Gasteiger partial charge in [-0.2, -0.15) is 11.8 Å². The van der Waals surface area contributed by atoms with E-state index >= 15 is 0 Å². The van der Waals surface area contributed by atoms with E-state index in [1.54, 1.807) is 13.8 Å². The molecule has 0 aromatic heterocycles. The predicted octanol–water partition coefficient (Wildman–Crippen LogP) is -0.589. The van der Waals surface area contributed by atoms with Crippen molar-refractivity contribution in [2.45, 2.75) is 70.6 Å². The van der Waals surface area contributed by atoms with Crippen molar-refractivity contribution in [2.24, 2.45) is 17.4 Å². The van der Waals surface area contributed by atoms with Crippen LogP contribution in [0.3, 0.4) is 0 Å². The molecule has 30 heavy (non-hydrogen) atoms. The molecule has 0 aliphatic rings. The summed E-state index contributed by atoms with van der Waals surface area (Å²) in [7, 11) is 0. The monoisotopic (exact) mass is 447 g/mol. The van der Waals surface area contributed by atoms with Crippen molar-refractivity contribution in [3.63, 3.8) is 0 Å². The van der Waals surface area contributed by atoms with Crippen molar-refractivity contribution in [2.75, 3.05) is 18.6 Å². The molecule has 0 aliphatic heterocycles. The van der Waals surface area contributed by atoms with E-state index in [2.05, 4.69) is 16.0 Å². The van der Waals surface area contributed by atoms with Gasteiger partial charge >= 0.3 is 5.97 Å². The summed E-state index contributed by atoms with van der Waals surface area (Å²) in [5.41, 5.74) is 11.2. The molecule has 3 amide bonds. The van der Waals surface area contributed by atoms with Crippen molar-refractivity contribution in [3.05, 3.63) is 0 Å². The number of rotatable bonds is 15. The Morgan fingerprint density at radius 3 is 2.07 bits per heavy atom. The maximum absolute atomic E-state index is 12.6. The first-order valence-corrected chi connectivity index (χ1v) is 11.5. The van der Waals surface area contributed by atoms with E-state index < -0.39 is 47.9 Å². The van der Waals surface area contributed by atoms with E-state index in [-0.39, 0.29) is 5.92 Å². The lowest BCUT2D eigenvalue weighted by Gasteiger charge is -2.24. The van der Waals surface area contributed by atoms with Gasteiger partial charge in [-0.15, -0.1) is 0 Å². The summed E-state index contributed by atoms with van der Waals surface area (Å²) in [6.07, 6.45) is 4.12. The Bertz CT molecular complexity index is 576. The Morgan fingerprint density at radius 2 is 1.57 bits per heavy atom. The second-order valence-corrected chi connectivity index (χ2v) is 8.52. The Kier molecular flexibility index (Phi) is 14.1. The van der Waals surface area contributed by atoms with Crippen LogP contribution >= 0.6 is 11.8 Å². The maximum Gasteiger partial charge on any atom is 0.326 e. The van der Waals surface area contributed by atoms with E-state index in [0.29, 0.717) is 31.6 Å². The zero-order valence-electron chi connectivity index (χ0n) is 18.3. The van der Waals surface area contributed by atoms with Crippen molar-refractivity contribution in [1.29, 1.82) is 0 Å². The molecule has 0 aliphatic carbocycles. The smallest absolute Gasteiger partial charge is 0.326 e. The Hall–Kier alpha value is -1.85. The van der Waals surface area contributed by atoms with Crippen molar-refractivity contribution >= 4 is 35.5 Å². The summed E-state index contributed by atoms with van der Waals surface area (Å²) in [5, 5.41) is 16.9. The first-order valence-electron chi connectivity index (χ1n) is 10.1. The average molecular weight is 448 g/mol. The molecule has 0 radical (unpaired) electrons. The highest BCUT2D eigenvalue weighted by Gasteiger charge is 2.29. The number of thioether (sulfide) groups is 1. The van der Waals surface area contributed by atoms with Gasteiger partial charge in [-0.05, 0) is 50.7 Å². The second kappa shape index (κ2) is 15.0. The largest absolute Gasteiger partial charge is 0.480 e. The lowest BCUT2D eigenvalue weighted by molar-refractivity contribution is -0.143. The average Bonchev–Trinajstić information content (AvgIpc) is 2.68. The fourth-order valence-electron chi connectivity index (χ4n) is 2.59. The number of carbonyl (C=O) groups is 4. The normalized spacial score (nSPS) is 15.0. The van der Waals surface area contributed by atoms with Gasteiger partial charge < -0.3 is 32.5 Å². The summed E-state index contributed by atoms with van der Waals surface area (Å²) in [6.45, 7) is 5.38. The molecule has 0 fully saturated rings. The van der Waals surface area contributed by atoms with E-state index in [9.17, 15) is 24.3 Å². The summed E-state index contributed by atoms with van der Waals surface area (Å²) in [4.78, 5) is 48.6. The Labute approximate surface area is 182 Å². The Morgan fingerprint density at radius 1 is 0.933 bits per heavy atom. The first-order chi connectivity index (χ1) is 14.0. The fourth-order valence-corrected chi connectivity index (χ4v) is 3.07. The van der Waals surface area contributed by atoms with Gasteiger partial charge in [0.05, 0.1) is 6.04 Å². The molecular formula is C19H37N5O5S. The SMILES string of the molecule is CSCCC(NC(=O)C(C)NC(=O)C(N)CCCCN)C(=O)NC(C(=O)O)C(C)C. The molecule has 10 nitrogen and oxygen atoms in total. The van der Waals surface area contributed by atoms with Crippen LogP contribution in [0.2, 0.25) is 0 Å². The van der Waals surface area contributed by atoms with Gasteiger partial charge in [-0.1, -0.05) is 20.3 Å². The highest BCUT2D eigenvalue weighted by atomic mass is 32.2. The molecule has 0 saturated heterocycles. The van der Waals surface area contributed by atoms with Crippen molar-refractivity contribution < 1.29 is 24.3 Å². The zero-order chi connectivity index (χ0) is 23.3. The van der Waals surface area contributed by atoms with Crippen molar-refractivity contribution in [1.82, 2.24) is 16.0 Å². The lowest BCUT2D eigenvalue weighted by atomic mass is 10.0. The van der Waals surface area contributed by atoms with Crippen LogP contribution in [0.4, 0.5) is 0 Å². The molecule has 0 aromatic rings. The van der Waals surface area contributed by atoms with E-state index in [1.807, 2.05) is 6.26 Å². The maximum atomic E-state index is 12.6. The van der Waals surface area contributed by atoms with Crippen LogP contribution in [0.15, 0.2) is 0 Å². The van der Waals surface area contributed by atoms with Gasteiger partial charge in [-0.3, -0.25) is 14.4 Å². The number of hydrogen-bond donors (Lipinski definition) is 6. The van der Waals surface area contributed by atoms with Crippen LogP contribution in [0, 0.1) is 5.92 Å². The number of nitrogens with one attached hydrogen (secondary N) is 3. The standard InChI is InChI=1S/C19H37N5O5S/c1-11(2)15(19(28)29)24-18(27)14(8-10-30-4)23-16(25)12(3)22-17(26)13(21)7-5-6-9-20/h11-15H,5-10,20-21H2,1-4H3,(H,22,26)(H,23,25)(H,24,27)(H,28,29). The third-order valence-electron chi connectivity index (χ3n) is 4.53. The van der Waals surface area contributed by atoms with Crippen LogP contribution in [-0.4, -0.2) is 71.5 Å². The number of carboxylic acids is 1. The van der Waals surface area contributed by atoms with E-state index in [0.717, 1.165) is 6.42 Å². The number of aliphatic carboxylic acids is 1. The highest BCUT2D eigenvalue weighted by molar-refractivity contribution is 7.98. The summed E-state index contributed by atoms with van der Waals surface area (Å²) >= 11 is 1.50. The summed E-state index contributed by atoms with van der Waals surface area (Å²) < 4.78 is 0. The number of unbranched alkanes of at least 4 members (excludes halogenated alkanes) is 1. The molecule has 0 aromatic carbocycles. The summed E-state index contributed by atoms with van der Waals surface area (Å²) in [5.74, 6) is -2.44. The molecule has 8 N–H and O–H groups in total. The minimum Gasteiger partial charge on any atom is -0.480 e. The topological polar surface area (TPSA) is 177 Å². The van der Waals surface area contributed by atoms with Gasteiger partial charge in [0, 0.05) is 0 Å². The molecule has 0 spiro atoms. The van der Waals surface area contributed by atoms with Crippen LogP contribution in [0.1, 0.15) is 46.5 Å². The van der Waals surface area contributed by atoms with Crippen LogP contribution in [-0.2, 0) is 19.2 Å². The zero-order valence-corrected chi connectivity index (χ0v) is 19.1. The van der Waals surface area contributed by atoms with E-state index in [1.165, 1.54) is 18.7 Å². The minimum absolute atomic E-state index is 0.317. The third-order valence-corrected chi connectivity index (χ3v) is 5.18. The van der Waals surface area contributed by atoms with E-state index in [4.69, 9.17) is 11.5 Å². The first kappa shape index (κ1) is 28.1. The van der Waals surface area contributed by atoms with Crippen molar-refractivity contribution in [3.8, 4) is 0 Å². The minimum atomic E-state index is -1.14. The third kappa shape index (κ3) is 10.8.